The van der Waals surface area contributed by atoms with Crippen LogP contribution in [-0.4, -0.2) is 23.7 Å². The molecule has 0 amide bonds. The van der Waals surface area contributed by atoms with Gasteiger partial charge in [-0.3, -0.25) is 9.59 Å². The topological polar surface area (TPSA) is 63.6 Å². The van der Waals surface area contributed by atoms with E-state index >= 15 is 0 Å². The maximum Gasteiger partial charge on any atom is 0.309 e. The van der Waals surface area contributed by atoms with Gasteiger partial charge in [-0.1, -0.05) is 83.1 Å². The predicted octanol–water partition coefficient (Wildman–Crippen LogP) is 6.45. The van der Waals surface area contributed by atoms with Crippen LogP contribution in [0.1, 0.15) is 96.8 Å². The molecule has 0 heterocycles. The number of hydrogen-bond donors (Lipinski definition) is 1. The highest BCUT2D eigenvalue weighted by Gasteiger charge is 2.22. The second-order valence-corrected chi connectivity index (χ2v) is 7.23. The fourth-order valence-electron chi connectivity index (χ4n) is 3.06. The van der Waals surface area contributed by atoms with E-state index in [4.69, 9.17) is 9.84 Å². The largest absolute Gasteiger partial charge is 0.481 e. The van der Waals surface area contributed by atoms with Gasteiger partial charge in [0, 0.05) is 0 Å². The van der Waals surface area contributed by atoms with Gasteiger partial charge in [0.1, 0.15) is 6.61 Å². The van der Waals surface area contributed by atoms with E-state index in [-0.39, 0.29) is 13.0 Å². The van der Waals surface area contributed by atoms with Crippen molar-refractivity contribution in [3.8, 4) is 0 Å². The minimum Gasteiger partial charge on any atom is -0.481 e. The molecular weight excluding hydrogens is 340 g/mol. The number of carbonyl (C=O) groups excluding carboxylic acids is 1. The van der Waals surface area contributed by atoms with E-state index in [1.807, 2.05) is 0 Å². The van der Waals surface area contributed by atoms with Crippen LogP contribution in [0.4, 0.5) is 0 Å². The summed E-state index contributed by atoms with van der Waals surface area (Å²) < 4.78 is 4.99. The number of aliphatic carboxylic acids is 1. The molecule has 0 aromatic heterocycles. The maximum absolute atomic E-state index is 11.9. The predicted molar refractivity (Wildman–Crippen MR) is 112 cm³/mol. The lowest BCUT2D eigenvalue weighted by Gasteiger charge is -2.13. The van der Waals surface area contributed by atoms with Crippen LogP contribution in [0.2, 0.25) is 0 Å². The Kier molecular flexibility index (Phi) is 18.1. The first kappa shape index (κ1) is 25.4. The summed E-state index contributed by atoms with van der Waals surface area (Å²) in [7, 11) is 0. The fraction of sp³-hybridized carbons (Fsp3) is 0.739. The van der Waals surface area contributed by atoms with E-state index in [0.717, 1.165) is 25.7 Å². The summed E-state index contributed by atoms with van der Waals surface area (Å²) in [6, 6.07) is 0. The van der Waals surface area contributed by atoms with Gasteiger partial charge in [-0.2, -0.15) is 0 Å². The van der Waals surface area contributed by atoms with Crippen LogP contribution in [-0.2, 0) is 14.3 Å². The van der Waals surface area contributed by atoms with Crippen molar-refractivity contribution >= 4 is 11.9 Å². The molecule has 0 spiro atoms. The Morgan fingerprint density at radius 3 is 2.04 bits per heavy atom. The molecule has 0 radical (unpaired) electrons. The van der Waals surface area contributed by atoms with Gasteiger partial charge in [0.05, 0.1) is 12.3 Å². The van der Waals surface area contributed by atoms with Crippen molar-refractivity contribution in [2.24, 2.45) is 5.92 Å². The average molecular weight is 381 g/mol. The SMILES string of the molecule is C=CCOC(=O)C(CCCC/C=C/CCCCCCCCCC)CC(=O)O. The van der Waals surface area contributed by atoms with Crippen molar-refractivity contribution < 1.29 is 19.4 Å². The van der Waals surface area contributed by atoms with Crippen LogP contribution < -0.4 is 0 Å². The summed E-state index contributed by atoms with van der Waals surface area (Å²) in [6.45, 7) is 5.88. The molecule has 27 heavy (non-hydrogen) atoms. The second-order valence-electron chi connectivity index (χ2n) is 7.23. The normalized spacial score (nSPS) is 12.2. The number of esters is 1. The van der Waals surface area contributed by atoms with Crippen molar-refractivity contribution in [3.05, 3.63) is 24.8 Å². The van der Waals surface area contributed by atoms with Crippen molar-refractivity contribution in [3.63, 3.8) is 0 Å². The minimum atomic E-state index is -0.958. The first-order valence-electron chi connectivity index (χ1n) is 10.8. The third kappa shape index (κ3) is 17.6. The molecule has 1 unspecified atom stereocenters. The zero-order valence-corrected chi connectivity index (χ0v) is 17.3. The van der Waals surface area contributed by atoms with Crippen molar-refractivity contribution in [1.82, 2.24) is 0 Å². The summed E-state index contributed by atoms with van der Waals surface area (Å²) in [5, 5.41) is 8.93. The van der Waals surface area contributed by atoms with Crippen LogP contribution in [0.3, 0.4) is 0 Å². The summed E-state index contributed by atoms with van der Waals surface area (Å²) in [4.78, 5) is 22.8. The highest BCUT2D eigenvalue weighted by Crippen LogP contribution is 2.16. The lowest BCUT2D eigenvalue weighted by atomic mass is 9.98. The van der Waals surface area contributed by atoms with Gasteiger partial charge in [0.15, 0.2) is 0 Å². The highest BCUT2D eigenvalue weighted by atomic mass is 16.5. The summed E-state index contributed by atoms with van der Waals surface area (Å²) in [5.74, 6) is -1.94. The number of carboxylic acids is 1. The monoisotopic (exact) mass is 380 g/mol. The first-order chi connectivity index (χ1) is 13.1. The molecular formula is C23H40O4. The van der Waals surface area contributed by atoms with Gasteiger partial charge in [0.2, 0.25) is 0 Å². The zero-order chi connectivity index (χ0) is 20.2. The number of carboxylic acid groups (broad SMARTS) is 1. The molecule has 0 aliphatic carbocycles. The number of carbonyl (C=O) groups is 2. The summed E-state index contributed by atoms with van der Waals surface area (Å²) in [5.41, 5.74) is 0. The standard InChI is InChI=1S/C23H40O4/c1-3-5-6-7-8-9-10-11-12-13-14-15-16-17-18-21(20-22(24)25)23(26)27-19-4-2/h4,13-14,21H,2-3,5-12,15-20H2,1H3,(H,24,25)/b14-13+. The third-order valence-corrected chi connectivity index (χ3v) is 4.66. The van der Waals surface area contributed by atoms with E-state index < -0.39 is 17.9 Å². The van der Waals surface area contributed by atoms with Gasteiger partial charge in [-0.05, 0) is 32.1 Å². The molecule has 0 saturated carbocycles. The molecule has 0 aliphatic heterocycles. The zero-order valence-electron chi connectivity index (χ0n) is 17.3. The highest BCUT2D eigenvalue weighted by molar-refractivity contribution is 5.79. The Hall–Kier alpha value is -1.58. The molecule has 1 atom stereocenters. The van der Waals surface area contributed by atoms with Crippen LogP contribution in [0.25, 0.3) is 0 Å². The molecule has 1 N–H and O–H groups in total. The lowest BCUT2D eigenvalue weighted by Crippen LogP contribution is -2.21. The molecule has 0 bridgehead atoms. The van der Waals surface area contributed by atoms with Gasteiger partial charge in [-0.15, -0.1) is 0 Å². The molecule has 0 fully saturated rings. The number of allylic oxidation sites excluding steroid dienone is 2. The Labute approximate surface area is 166 Å². The molecule has 0 aliphatic rings. The molecule has 0 aromatic rings. The number of ether oxygens (including phenoxy) is 1. The smallest absolute Gasteiger partial charge is 0.309 e. The number of hydrogen-bond acceptors (Lipinski definition) is 3. The van der Waals surface area contributed by atoms with Gasteiger partial charge in [0.25, 0.3) is 0 Å². The van der Waals surface area contributed by atoms with Gasteiger partial charge in [-0.25, -0.2) is 0 Å². The maximum atomic E-state index is 11.9. The van der Waals surface area contributed by atoms with E-state index in [1.165, 1.54) is 57.4 Å². The van der Waals surface area contributed by atoms with Crippen molar-refractivity contribution in [2.75, 3.05) is 6.61 Å². The van der Waals surface area contributed by atoms with Crippen LogP contribution in [0.15, 0.2) is 24.8 Å². The van der Waals surface area contributed by atoms with Crippen molar-refractivity contribution in [2.45, 2.75) is 96.8 Å². The molecule has 4 nitrogen and oxygen atoms in total. The van der Waals surface area contributed by atoms with Crippen LogP contribution in [0.5, 0.6) is 0 Å². The van der Waals surface area contributed by atoms with Crippen LogP contribution >= 0.6 is 0 Å². The van der Waals surface area contributed by atoms with Gasteiger partial charge < -0.3 is 9.84 Å². The van der Waals surface area contributed by atoms with Crippen LogP contribution in [0, 0.1) is 5.92 Å². The Bertz CT molecular complexity index is 415. The molecule has 0 rings (SSSR count). The van der Waals surface area contributed by atoms with E-state index in [0.29, 0.717) is 6.42 Å². The number of rotatable bonds is 19. The average Bonchev–Trinajstić information content (AvgIpc) is 2.65. The quantitative estimate of drug-likeness (QED) is 0.159. The van der Waals surface area contributed by atoms with Crippen molar-refractivity contribution in [1.29, 1.82) is 0 Å². The number of unbranched alkanes of at least 4 members (excludes halogenated alkanes) is 10. The lowest BCUT2D eigenvalue weighted by molar-refractivity contribution is -0.152. The summed E-state index contributed by atoms with van der Waals surface area (Å²) in [6.07, 6.45) is 21.1. The van der Waals surface area contributed by atoms with E-state index in [9.17, 15) is 9.59 Å². The van der Waals surface area contributed by atoms with E-state index in [2.05, 4.69) is 25.7 Å². The summed E-state index contributed by atoms with van der Waals surface area (Å²) >= 11 is 0. The van der Waals surface area contributed by atoms with E-state index in [1.54, 1.807) is 0 Å². The second kappa shape index (κ2) is 19.2. The third-order valence-electron chi connectivity index (χ3n) is 4.66. The Morgan fingerprint density at radius 1 is 0.926 bits per heavy atom. The Morgan fingerprint density at radius 2 is 1.48 bits per heavy atom. The van der Waals surface area contributed by atoms with Gasteiger partial charge >= 0.3 is 11.9 Å². The first-order valence-corrected chi connectivity index (χ1v) is 10.8. The molecule has 4 heteroatoms. The molecule has 0 aromatic carbocycles. The minimum absolute atomic E-state index is 0.135. The fourth-order valence-corrected chi connectivity index (χ4v) is 3.06. The molecule has 156 valence electrons. The Balaban J connectivity index is 3.67. The molecule has 0 saturated heterocycles.